The minimum Gasteiger partial charge on any atom is -0.477 e. The van der Waals surface area contributed by atoms with Crippen LogP contribution >= 0.6 is 0 Å². The summed E-state index contributed by atoms with van der Waals surface area (Å²) in [6, 6.07) is 0. The molecule has 444 valence electrons. The third-order valence-electron chi connectivity index (χ3n) is 15.8. The van der Waals surface area contributed by atoms with Crippen molar-refractivity contribution in [2.24, 2.45) is 27.1 Å². The Morgan fingerprint density at radius 3 is 0.797 bits per heavy atom. The summed E-state index contributed by atoms with van der Waals surface area (Å²) >= 11 is 0. The number of aliphatic hydroxyl groups excluding tert-OH is 20. The minimum atomic E-state index is -5.07. The van der Waals surface area contributed by atoms with Gasteiger partial charge >= 0.3 is 11.8 Å². The van der Waals surface area contributed by atoms with Gasteiger partial charge in [-0.3, -0.25) is 0 Å². The van der Waals surface area contributed by atoms with E-state index in [0.717, 1.165) is 25.7 Å². The molecule has 74 heavy (non-hydrogen) atoms. The predicted octanol–water partition coefficient (Wildman–Crippen LogP) is -6.67. The van der Waals surface area contributed by atoms with Crippen LogP contribution in [-0.4, -0.2) is 272 Å². The van der Waals surface area contributed by atoms with Crippen LogP contribution in [0.3, 0.4) is 0 Å². The average molecular weight is 1090 g/mol. The molecule has 0 rings (SSSR count). The first-order chi connectivity index (χ1) is 34.5. The lowest BCUT2D eigenvalue weighted by Crippen LogP contribution is -2.79. The van der Waals surface area contributed by atoms with Crippen LogP contribution < -0.4 is 0 Å². The lowest BCUT2D eigenvalue weighted by Gasteiger charge is -2.75. The van der Waals surface area contributed by atoms with Crippen molar-refractivity contribution in [1.82, 2.24) is 0 Å². The Hall–Kier alpha value is -1.49. The van der Waals surface area contributed by atoms with E-state index in [4.69, 9.17) is 0 Å². The maximum atomic E-state index is 13.1. The number of hydrogen-bond acceptors (Lipinski definition) is 25. The molecule has 0 aliphatic rings. The van der Waals surface area contributed by atoms with Gasteiger partial charge in [0.15, 0.2) is 0 Å². The summed E-state index contributed by atoms with van der Waals surface area (Å²) in [5, 5.41) is 287. The van der Waals surface area contributed by atoms with Crippen LogP contribution in [0.1, 0.15) is 129 Å². The molecule has 10 atom stereocenters. The van der Waals surface area contributed by atoms with Crippen LogP contribution in [0.5, 0.6) is 0 Å². The Balaban J connectivity index is 11.4. The number of rotatable bonds is 46. The lowest BCUT2D eigenvalue weighted by molar-refractivity contribution is -0.430. The van der Waals surface area contributed by atoms with Crippen LogP contribution in [-0.2, 0) is 4.79 Å². The van der Waals surface area contributed by atoms with E-state index in [-0.39, 0.29) is 12.8 Å². The summed E-state index contributed by atoms with van der Waals surface area (Å²) in [6.45, 7) is -11.8. The fourth-order valence-corrected chi connectivity index (χ4v) is 12.9. The highest BCUT2D eigenvalue weighted by molar-refractivity contribution is 5.76. The van der Waals surface area contributed by atoms with Crippen LogP contribution in [0.2, 0.25) is 0 Å². The van der Waals surface area contributed by atoms with Gasteiger partial charge in [-0.25, -0.2) is 4.79 Å². The van der Waals surface area contributed by atoms with Gasteiger partial charge in [0.2, 0.25) is 5.79 Å². The number of aliphatic hydroxyl groups is 24. The van der Waals surface area contributed by atoms with Gasteiger partial charge < -0.3 is 128 Å². The quantitative estimate of drug-likeness (QED) is 0.0199. The number of carboxylic acid groups (broad SMARTS) is 1. The number of hydrogen-bond donors (Lipinski definition) is 25. The Morgan fingerprint density at radius 2 is 0.541 bits per heavy atom. The number of unbranched alkanes of at least 4 members (excludes halogenated alkanes) is 7. The molecule has 0 heterocycles. The van der Waals surface area contributed by atoms with Crippen LogP contribution in [0.25, 0.3) is 0 Å². The molecule has 0 amide bonds. The van der Waals surface area contributed by atoms with Gasteiger partial charge in [-0.05, 0) is 92.3 Å². The molecule has 0 aliphatic carbocycles. The van der Waals surface area contributed by atoms with E-state index >= 15 is 0 Å². The largest absolute Gasteiger partial charge is 0.477 e. The average Bonchev–Trinajstić information content (AvgIpc) is 3.37. The van der Waals surface area contributed by atoms with Gasteiger partial charge in [-0.2, -0.15) is 0 Å². The molecular weight excluding hydrogens is 993 g/mol. The minimum absolute atomic E-state index is 0.0556. The normalized spacial score (nSPS) is 21.1. The van der Waals surface area contributed by atoms with Crippen LogP contribution in [0.15, 0.2) is 0 Å². The second kappa shape index (κ2) is 33.8. The second-order valence-corrected chi connectivity index (χ2v) is 20.9. The highest BCUT2D eigenvalue weighted by Gasteiger charge is 2.81. The Labute approximate surface area is 432 Å². The zero-order valence-corrected chi connectivity index (χ0v) is 42.9. The molecule has 0 bridgehead atoms. The summed E-state index contributed by atoms with van der Waals surface area (Å²) < 4.78 is 0. The summed E-state index contributed by atoms with van der Waals surface area (Å²) in [4.78, 5) is 13.1. The van der Waals surface area contributed by atoms with Crippen LogP contribution in [0, 0.1) is 27.1 Å². The van der Waals surface area contributed by atoms with Crippen molar-refractivity contribution in [3.05, 3.63) is 0 Å². The Kier molecular flexibility index (Phi) is 33.2. The lowest BCUT2D eigenvalue weighted by atomic mass is 9.30. The molecule has 0 aromatic heterocycles. The molecule has 25 N–H and O–H groups in total. The number of carboxylic acids is 1. The van der Waals surface area contributed by atoms with Crippen molar-refractivity contribution < 1.29 is 132 Å². The molecule has 0 aromatic carbocycles. The molecule has 0 spiro atoms. The first kappa shape index (κ1) is 72.5. The number of aliphatic carboxylic acids is 1. The molecule has 0 radical (unpaired) electrons. The highest BCUT2D eigenvalue weighted by atomic mass is 16.6. The van der Waals surface area contributed by atoms with Crippen molar-refractivity contribution >= 4 is 5.97 Å². The number of carbonyl (C=O) groups is 1. The van der Waals surface area contributed by atoms with E-state index in [1.807, 2.05) is 6.92 Å². The third-order valence-corrected chi connectivity index (χ3v) is 15.8. The molecule has 26 heteroatoms. The van der Waals surface area contributed by atoms with E-state index in [9.17, 15) is 132 Å². The molecule has 0 fully saturated rings. The summed E-state index contributed by atoms with van der Waals surface area (Å²) in [6.07, 6.45) is -33.0. The SMILES string of the molecule is CCCCCCCCCCC(CC(O)CO)(CC(O)CO)C(CC(O)CO)(CC(O)CO)C(CC(O)CO)(CC(O)CO)C(CC(O)CO)(CC(O)CO)C(CC(O)CO)(CC(O)CO)C(O)(O)C(O)(O)C(=O)O. The highest BCUT2D eigenvalue weighted by Crippen LogP contribution is 2.79. The fourth-order valence-electron chi connectivity index (χ4n) is 12.9. The molecule has 0 aliphatic heterocycles. The monoisotopic (exact) mass is 1090 g/mol. The van der Waals surface area contributed by atoms with Crippen molar-refractivity contribution in [3.8, 4) is 0 Å². The van der Waals surface area contributed by atoms with Gasteiger partial charge in [-0.1, -0.05) is 58.3 Å². The second-order valence-electron chi connectivity index (χ2n) is 20.9. The van der Waals surface area contributed by atoms with Crippen molar-refractivity contribution in [3.63, 3.8) is 0 Å². The smallest absolute Gasteiger partial charge is 0.370 e. The van der Waals surface area contributed by atoms with Crippen molar-refractivity contribution in [2.75, 3.05) is 66.1 Å². The van der Waals surface area contributed by atoms with Crippen molar-refractivity contribution in [2.45, 2.75) is 202 Å². The Morgan fingerprint density at radius 1 is 0.324 bits per heavy atom. The maximum Gasteiger partial charge on any atom is 0.370 e. The van der Waals surface area contributed by atoms with Gasteiger partial charge in [0, 0.05) is 5.41 Å². The maximum absolute atomic E-state index is 13.1. The zero-order valence-electron chi connectivity index (χ0n) is 42.9. The molecule has 0 saturated heterocycles. The molecule has 0 saturated carbocycles. The molecular formula is C48H96O26. The Bertz CT molecular complexity index is 1430. The van der Waals surface area contributed by atoms with Gasteiger partial charge in [0.25, 0.3) is 0 Å². The van der Waals surface area contributed by atoms with Crippen molar-refractivity contribution in [1.29, 1.82) is 0 Å². The summed E-state index contributed by atoms with van der Waals surface area (Å²) in [7, 11) is 0. The van der Waals surface area contributed by atoms with E-state index in [2.05, 4.69) is 0 Å². The molecule has 26 nitrogen and oxygen atoms in total. The third kappa shape index (κ3) is 17.5. The zero-order chi connectivity index (χ0) is 57.4. The van der Waals surface area contributed by atoms with Crippen LogP contribution in [0.4, 0.5) is 0 Å². The fraction of sp³-hybridized carbons (Fsp3) is 0.979. The molecule has 10 unspecified atom stereocenters. The topological polar surface area (TPSA) is 523 Å². The van der Waals surface area contributed by atoms with E-state index in [1.54, 1.807) is 0 Å². The first-order valence-electron chi connectivity index (χ1n) is 25.6. The van der Waals surface area contributed by atoms with E-state index in [0.29, 0.717) is 12.8 Å². The standard InChI is InChI=1S/C48H96O26/c1-2-3-4-5-6-7-8-9-10-42(11-31(59)21-49,12-32(60)22-50)43(13-33(61)23-51,14-34(62)24-52)44(15-35(63)25-53,16-36(64)26-54)45(17-37(65)27-55,18-38(66)28-56)46(19-39(67)29-57,20-40(68)30-58)48(73,74)47(71,72)41(69)70/h31-40,49-68,71-74H,2-30H2,1H3,(H,69,70). The summed E-state index contributed by atoms with van der Waals surface area (Å²) in [5.74, 6) is -13.1. The summed E-state index contributed by atoms with van der Waals surface area (Å²) in [5.41, 5.74) is -16.2. The van der Waals surface area contributed by atoms with Gasteiger partial charge in [0.1, 0.15) is 0 Å². The predicted molar refractivity (Wildman–Crippen MR) is 258 cm³/mol. The first-order valence-corrected chi connectivity index (χ1v) is 25.6. The van der Waals surface area contributed by atoms with E-state index in [1.165, 1.54) is 0 Å². The molecule has 0 aromatic rings. The van der Waals surface area contributed by atoms with Gasteiger partial charge in [-0.15, -0.1) is 0 Å². The van der Waals surface area contributed by atoms with Gasteiger partial charge in [0.05, 0.1) is 127 Å². The van der Waals surface area contributed by atoms with E-state index < -0.39 is 242 Å².